The van der Waals surface area contributed by atoms with Gasteiger partial charge in [0.05, 0.1) is 16.7 Å². The van der Waals surface area contributed by atoms with Gasteiger partial charge < -0.3 is 4.57 Å². The first-order valence-electron chi connectivity index (χ1n) is 19.9. The second-order valence-electron chi connectivity index (χ2n) is 15.7. The molecule has 6 heteroatoms. The number of rotatable bonds is 6. The molecule has 0 fully saturated rings. The summed E-state index contributed by atoms with van der Waals surface area (Å²) in [6, 6.07) is 45.7. The van der Waals surface area contributed by atoms with Crippen LogP contribution >= 0.6 is 0 Å². The molecule has 1 unspecified atom stereocenters. The van der Waals surface area contributed by atoms with Gasteiger partial charge in [-0.1, -0.05) is 123 Å². The number of pyridine rings is 2. The molecule has 0 saturated heterocycles. The van der Waals surface area contributed by atoms with Crippen molar-refractivity contribution in [2.75, 3.05) is 0 Å². The van der Waals surface area contributed by atoms with E-state index in [-0.39, 0.29) is 11.3 Å². The summed E-state index contributed by atoms with van der Waals surface area (Å²) in [5, 5.41) is 2.49. The maximum Gasteiger partial charge on any atom is 0.164 e. The minimum Gasteiger partial charge on any atom is -0.308 e. The van der Waals surface area contributed by atoms with Crippen molar-refractivity contribution in [3.8, 4) is 62.1 Å². The molecule has 276 valence electrons. The highest BCUT2D eigenvalue weighted by Gasteiger charge is 2.39. The van der Waals surface area contributed by atoms with Crippen molar-refractivity contribution in [3.63, 3.8) is 0 Å². The summed E-state index contributed by atoms with van der Waals surface area (Å²) in [6.45, 7) is 4.77. The molecule has 2 aliphatic carbocycles. The van der Waals surface area contributed by atoms with Crippen LogP contribution in [0.4, 0.5) is 0 Å². The number of allylic oxidation sites excluding steroid dienone is 4. The summed E-state index contributed by atoms with van der Waals surface area (Å²) in [7, 11) is 0. The molecule has 4 aromatic heterocycles. The lowest BCUT2D eigenvalue weighted by Crippen LogP contribution is -2.17. The van der Waals surface area contributed by atoms with Crippen molar-refractivity contribution >= 4 is 21.8 Å². The zero-order valence-corrected chi connectivity index (χ0v) is 32.2. The molecule has 2 aliphatic rings. The standard InChI is InChI=1S/C52H38N6/c1-52(2)44-19-11-9-17-38(44)40-21-22-41-39-18-10-12-20-45(39)58(48(41)46(40)52)47-42(33-13-5-3-6-14-33)31-37(32-43(47)34-15-7-4-8-16-34)51-56-49(35-23-27-53-28-24-35)55-50(57-51)36-25-29-54-30-26-36/h3-15,17-32,34H,16H2,1-2H3. The first-order valence-corrected chi connectivity index (χ1v) is 19.9. The van der Waals surface area contributed by atoms with Crippen molar-refractivity contribution in [2.45, 2.75) is 31.6 Å². The van der Waals surface area contributed by atoms with E-state index in [1.807, 2.05) is 24.3 Å². The van der Waals surface area contributed by atoms with Crippen molar-refractivity contribution < 1.29 is 0 Å². The Kier molecular flexibility index (Phi) is 7.86. The number of fused-ring (bicyclic) bond motifs is 7. The van der Waals surface area contributed by atoms with E-state index >= 15 is 0 Å². The van der Waals surface area contributed by atoms with Crippen LogP contribution in [0.1, 0.15) is 42.9 Å². The van der Waals surface area contributed by atoms with Gasteiger partial charge in [-0.2, -0.15) is 0 Å². The van der Waals surface area contributed by atoms with E-state index in [0.29, 0.717) is 17.5 Å². The Morgan fingerprint density at radius 1 is 0.552 bits per heavy atom. The molecule has 0 spiro atoms. The Morgan fingerprint density at radius 2 is 1.21 bits per heavy atom. The molecule has 4 heterocycles. The molecule has 0 amide bonds. The average Bonchev–Trinajstić information content (AvgIpc) is 3.75. The molecule has 0 N–H and O–H groups in total. The first kappa shape index (κ1) is 34.0. The number of aromatic nitrogens is 6. The first-order chi connectivity index (χ1) is 28.5. The Hall–Kier alpha value is -7.31. The monoisotopic (exact) mass is 746 g/mol. The van der Waals surface area contributed by atoms with Crippen LogP contribution in [0.3, 0.4) is 0 Å². The molecule has 11 rings (SSSR count). The quantitative estimate of drug-likeness (QED) is 0.169. The largest absolute Gasteiger partial charge is 0.308 e. The molecule has 0 saturated carbocycles. The number of nitrogens with zero attached hydrogens (tertiary/aromatic N) is 6. The highest BCUT2D eigenvalue weighted by Crippen LogP contribution is 2.54. The van der Waals surface area contributed by atoms with E-state index < -0.39 is 0 Å². The fourth-order valence-corrected chi connectivity index (χ4v) is 9.28. The molecule has 0 aliphatic heterocycles. The summed E-state index contributed by atoms with van der Waals surface area (Å²) in [4.78, 5) is 23.9. The maximum atomic E-state index is 5.20. The minimum atomic E-state index is -0.227. The molecular weight excluding hydrogens is 709 g/mol. The van der Waals surface area contributed by atoms with Gasteiger partial charge in [0.2, 0.25) is 0 Å². The third kappa shape index (κ3) is 5.36. The van der Waals surface area contributed by atoms with E-state index in [1.165, 1.54) is 55.3 Å². The number of benzene rings is 5. The topological polar surface area (TPSA) is 69.4 Å². The lowest BCUT2D eigenvalue weighted by molar-refractivity contribution is 0.664. The third-order valence-electron chi connectivity index (χ3n) is 12.0. The van der Waals surface area contributed by atoms with Crippen molar-refractivity contribution in [1.29, 1.82) is 0 Å². The normalized spacial score (nSPS) is 15.2. The van der Waals surface area contributed by atoms with E-state index in [0.717, 1.165) is 34.2 Å². The van der Waals surface area contributed by atoms with E-state index in [2.05, 4.69) is 156 Å². The minimum absolute atomic E-state index is 0.0989. The zero-order chi connectivity index (χ0) is 38.8. The molecular formula is C52H38N6. The predicted molar refractivity (Wildman–Crippen MR) is 235 cm³/mol. The lowest BCUT2D eigenvalue weighted by Gasteiger charge is -2.27. The number of hydrogen-bond acceptors (Lipinski definition) is 5. The Balaban J connectivity index is 1.27. The lowest BCUT2D eigenvalue weighted by atomic mass is 9.81. The van der Waals surface area contributed by atoms with Crippen molar-refractivity contribution in [1.82, 2.24) is 29.5 Å². The van der Waals surface area contributed by atoms with E-state index in [9.17, 15) is 0 Å². The summed E-state index contributed by atoms with van der Waals surface area (Å²) in [5.41, 5.74) is 14.8. The van der Waals surface area contributed by atoms with Crippen LogP contribution in [0.15, 0.2) is 176 Å². The van der Waals surface area contributed by atoms with Gasteiger partial charge >= 0.3 is 0 Å². The second kappa shape index (κ2) is 13.4. The molecule has 0 bridgehead atoms. The van der Waals surface area contributed by atoms with Gasteiger partial charge in [0.25, 0.3) is 0 Å². The molecule has 0 radical (unpaired) electrons. The van der Waals surface area contributed by atoms with Crippen LogP contribution in [-0.4, -0.2) is 29.5 Å². The van der Waals surface area contributed by atoms with Gasteiger partial charge in [-0.25, -0.2) is 15.0 Å². The van der Waals surface area contributed by atoms with Crippen LogP contribution < -0.4 is 0 Å². The van der Waals surface area contributed by atoms with Crippen LogP contribution in [0.25, 0.3) is 83.9 Å². The van der Waals surface area contributed by atoms with Crippen LogP contribution in [-0.2, 0) is 5.41 Å². The Morgan fingerprint density at radius 3 is 1.91 bits per heavy atom. The number of hydrogen-bond donors (Lipinski definition) is 0. The Bertz CT molecular complexity index is 3050. The van der Waals surface area contributed by atoms with Gasteiger partial charge in [0.1, 0.15) is 0 Å². The predicted octanol–water partition coefficient (Wildman–Crippen LogP) is 12.3. The highest BCUT2D eigenvalue weighted by atomic mass is 15.0. The molecule has 1 atom stereocenters. The van der Waals surface area contributed by atoms with Crippen LogP contribution in [0.5, 0.6) is 0 Å². The third-order valence-corrected chi connectivity index (χ3v) is 12.0. The van der Waals surface area contributed by atoms with Crippen LogP contribution in [0, 0.1) is 0 Å². The zero-order valence-electron chi connectivity index (χ0n) is 32.2. The van der Waals surface area contributed by atoms with Crippen molar-refractivity contribution in [2.24, 2.45) is 0 Å². The Labute approximate surface area is 337 Å². The second-order valence-corrected chi connectivity index (χ2v) is 15.7. The van der Waals surface area contributed by atoms with Crippen molar-refractivity contribution in [3.05, 3.63) is 193 Å². The van der Waals surface area contributed by atoms with E-state index in [4.69, 9.17) is 15.0 Å². The molecule has 6 nitrogen and oxygen atoms in total. The summed E-state index contributed by atoms with van der Waals surface area (Å²) in [6.07, 6.45) is 16.9. The van der Waals surface area contributed by atoms with Gasteiger partial charge in [-0.3, -0.25) is 9.97 Å². The smallest absolute Gasteiger partial charge is 0.164 e. The molecule has 58 heavy (non-hydrogen) atoms. The molecule has 5 aromatic carbocycles. The van der Waals surface area contributed by atoms with Crippen LogP contribution in [0.2, 0.25) is 0 Å². The SMILES string of the molecule is CC1(C)c2ccccc2-c2ccc3c4ccccc4n(-c4c(-c5ccccc5)cc(-c5nc(-c6ccncc6)nc(-c6ccncc6)n5)cc4C4C=CC=CC4)c3c21. The van der Waals surface area contributed by atoms with E-state index in [1.54, 1.807) is 24.8 Å². The summed E-state index contributed by atoms with van der Waals surface area (Å²) < 4.78 is 2.59. The molecule has 9 aromatic rings. The van der Waals surface area contributed by atoms with Gasteiger partial charge in [0.15, 0.2) is 17.5 Å². The van der Waals surface area contributed by atoms with Gasteiger partial charge in [-0.05, 0) is 82.3 Å². The number of para-hydroxylation sites is 1. The average molecular weight is 747 g/mol. The maximum absolute atomic E-state index is 5.20. The fourth-order valence-electron chi connectivity index (χ4n) is 9.28. The van der Waals surface area contributed by atoms with Gasteiger partial charge in [-0.15, -0.1) is 0 Å². The summed E-state index contributed by atoms with van der Waals surface area (Å²) >= 11 is 0. The van der Waals surface area contributed by atoms with Gasteiger partial charge in [0, 0.05) is 69.1 Å². The highest BCUT2D eigenvalue weighted by molar-refractivity contribution is 6.13. The fraction of sp³-hybridized carbons (Fsp3) is 0.0962. The summed E-state index contributed by atoms with van der Waals surface area (Å²) in [5.74, 6) is 1.88.